The molecule has 3 heteroatoms. The summed E-state index contributed by atoms with van der Waals surface area (Å²) < 4.78 is 0. The van der Waals surface area contributed by atoms with E-state index in [2.05, 4.69) is 105 Å². The molecule has 0 heterocycles. The molecule has 1 atom stereocenters. The van der Waals surface area contributed by atoms with Crippen molar-refractivity contribution >= 4 is 23.8 Å². The zero-order valence-electron chi connectivity index (χ0n) is 17.9. The van der Waals surface area contributed by atoms with Gasteiger partial charge in [0.05, 0.1) is 0 Å². The molecule has 0 N–H and O–H groups in total. The Hall–Kier alpha value is -1.95. The fraction of sp³-hybridized carbons (Fsp3) is 0.185. The largest absolute Gasteiger partial charge is 0.748 e. The Labute approximate surface area is 193 Å². The normalized spacial score (nSPS) is 11.5. The maximum atomic E-state index is 2.34. The third-order valence-electron chi connectivity index (χ3n) is 5.02. The van der Waals surface area contributed by atoms with Gasteiger partial charge in [0.2, 0.25) is 0 Å². The molecule has 162 valence electrons. The summed E-state index contributed by atoms with van der Waals surface area (Å²) in [6.45, 7) is 2.27. The van der Waals surface area contributed by atoms with Gasteiger partial charge in [-0.2, -0.15) is 6.07 Å². The van der Waals surface area contributed by atoms with Crippen LogP contribution in [0.4, 0.5) is 0 Å². The van der Waals surface area contributed by atoms with Crippen LogP contribution in [0.1, 0.15) is 24.9 Å². The van der Waals surface area contributed by atoms with Gasteiger partial charge in [-0.3, -0.25) is 0 Å². The Morgan fingerprint density at radius 3 is 1.63 bits per heavy atom. The third kappa shape index (κ3) is 6.27. The van der Waals surface area contributed by atoms with Crippen LogP contribution in [0.25, 0.3) is 0 Å². The van der Waals surface area contributed by atoms with Crippen molar-refractivity contribution in [3.05, 3.63) is 115 Å². The van der Waals surface area contributed by atoms with E-state index in [0.29, 0.717) is 6.04 Å². The molecule has 0 saturated carbocycles. The molecule has 30 heavy (non-hydrogen) atoms. The van der Waals surface area contributed by atoms with Crippen LogP contribution in [0.15, 0.2) is 109 Å². The first-order valence-corrected chi connectivity index (χ1v) is 11.6. The molecule has 0 radical (unpaired) electrons. The van der Waals surface area contributed by atoms with Gasteiger partial charge >= 0.3 is 0 Å². The fourth-order valence-corrected chi connectivity index (χ4v) is 6.19. The average Bonchev–Trinajstić information content (AvgIpc) is 3.46. The molecular weight excluding hydrogens is 425 g/mol. The van der Waals surface area contributed by atoms with Crippen molar-refractivity contribution in [2.75, 3.05) is 14.1 Å². The molecule has 0 saturated heterocycles. The first kappa shape index (κ1) is 24.3. The van der Waals surface area contributed by atoms with Gasteiger partial charge < -0.3 is 35.2 Å². The second-order valence-electron chi connectivity index (χ2n) is 7.22. The Morgan fingerprint density at radius 1 is 0.767 bits per heavy atom. The summed E-state index contributed by atoms with van der Waals surface area (Å²) in [6, 6.07) is 39.2. The average molecular weight is 455 g/mol. The van der Waals surface area contributed by atoms with E-state index >= 15 is 0 Å². The van der Waals surface area contributed by atoms with Gasteiger partial charge in [0.1, 0.15) is 0 Å². The SMILES string of the molecule is CCC([c-]1cccc1P(c1ccccc1)c1ccccc1)N(C)C.[Fe].[cH-]1[cH-][cH-][cH-][cH-]1. The summed E-state index contributed by atoms with van der Waals surface area (Å²) in [5.41, 5.74) is 1.47. The summed E-state index contributed by atoms with van der Waals surface area (Å²) in [6.07, 6.45) is 1.12. The third-order valence-corrected chi connectivity index (χ3v) is 7.54. The van der Waals surface area contributed by atoms with Crippen molar-refractivity contribution in [2.24, 2.45) is 0 Å². The van der Waals surface area contributed by atoms with E-state index in [-0.39, 0.29) is 17.1 Å². The summed E-state index contributed by atoms with van der Waals surface area (Å²) in [5.74, 6) is 0. The molecule has 0 fully saturated rings. The minimum atomic E-state index is -0.519. The molecule has 0 spiro atoms. The molecule has 0 bridgehead atoms. The predicted molar refractivity (Wildman–Crippen MR) is 129 cm³/mol. The van der Waals surface area contributed by atoms with Crippen LogP contribution in [0, 0.1) is 0 Å². The van der Waals surface area contributed by atoms with Crippen molar-refractivity contribution in [2.45, 2.75) is 19.4 Å². The molecule has 1 unspecified atom stereocenters. The molecule has 0 aromatic heterocycles. The maximum absolute atomic E-state index is 2.34. The molecule has 4 rings (SSSR count). The second-order valence-corrected chi connectivity index (χ2v) is 9.41. The Kier molecular flexibility index (Phi) is 10.3. The van der Waals surface area contributed by atoms with Gasteiger partial charge in [-0.15, -0.1) is 10.9 Å². The van der Waals surface area contributed by atoms with Crippen molar-refractivity contribution in [3.8, 4) is 0 Å². The zero-order chi connectivity index (χ0) is 20.5. The van der Waals surface area contributed by atoms with E-state index in [4.69, 9.17) is 0 Å². The van der Waals surface area contributed by atoms with Crippen LogP contribution in [-0.4, -0.2) is 19.0 Å². The summed E-state index contributed by atoms with van der Waals surface area (Å²) >= 11 is 0. The Bertz CT molecular complexity index is 873. The standard InChI is InChI=1S/C22H25NP.C5H5.Fe/c1-4-21(23(2)3)20-16-11-17-22(20)24(18-12-7-5-8-13-18)19-14-9-6-10-15-19;1-2-4-5-3-1;/h5-17,21H,4H2,1-3H3;1-5H;/q-1;-5;. The molecule has 0 aliphatic rings. The molecule has 4 aromatic carbocycles. The van der Waals surface area contributed by atoms with Crippen molar-refractivity contribution in [3.63, 3.8) is 0 Å². The van der Waals surface area contributed by atoms with E-state index in [1.165, 1.54) is 21.5 Å². The molecule has 0 amide bonds. The van der Waals surface area contributed by atoms with E-state index in [1.54, 1.807) is 0 Å². The van der Waals surface area contributed by atoms with Crippen LogP contribution < -0.4 is 15.9 Å². The van der Waals surface area contributed by atoms with Gasteiger partial charge in [-0.1, -0.05) is 67.6 Å². The monoisotopic (exact) mass is 455 g/mol. The Morgan fingerprint density at radius 2 is 1.23 bits per heavy atom. The van der Waals surface area contributed by atoms with Gasteiger partial charge in [0, 0.05) is 17.1 Å². The van der Waals surface area contributed by atoms with E-state index in [1.807, 2.05) is 30.3 Å². The molecule has 0 aliphatic heterocycles. The van der Waals surface area contributed by atoms with E-state index in [0.717, 1.165) is 6.42 Å². The number of nitrogens with zero attached hydrogens (tertiary/aromatic N) is 1. The van der Waals surface area contributed by atoms with E-state index in [9.17, 15) is 0 Å². The molecule has 1 nitrogen and oxygen atoms in total. The smallest absolute Gasteiger partial charge is 0 e. The summed E-state index contributed by atoms with van der Waals surface area (Å²) in [7, 11) is 3.84. The first-order valence-electron chi connectivity index (χ1n) is 10.2. The van der Waals surface area contributed by atoms with Gasteiger partial charge in [-0.25, -0.2) is 12.1 Å². The first-order chi connectivity index (χ1) is 14.2. The van der Waals surface area contributed by atoms with Gasteiger partial charge in [0.25, 0.3) is 0 Å². The van der Waals surface area contributed by atoms with Gasteiger partial charge in [0.15, 0.2) is 0 Å². The van der Waals surface area contributed by atoms with Crippen molar-refractivity contribution < 1.29 is 17.1 Å². The fourth-order valence-electron chi connectivity index (χ4n) is 3.68. The maximum Gasteiger partial charge on any atom is 0 e. The topological polar surface area (TPSA) is 3.24 Å². The Balaban J connectivity index is 0.000000468. The number of hydrogen-bond donors (Lipinski definition) is 0. The minimum absolute atomic E-state index is 0. The van der Waals surface area contributed by atoms with Crippen LogP contribution in [0.2, 0.25) is 0 Å². The summed E-state index contributed by atoms with van der Waals surface area (Å²) in [4.78, 5) is 2.34. The molecule has 0 aliphatic carbocycles. The number of hydrogen-bond acceptors (Lipinski definition) is 1. The quantitative estimate of drug-likeness (QED) is 0.209. The second kappa shape index (κ2) is 12.7. The van der Waals surface area contributed by atoms with Crippen LogP contribution >= 0.6 is 7.92 Å². The predicted octanol–water partition coefficient (Wildman–Crippen LogP) is 5.58. The summed E-state index contributed by atoms with van der Waals surface area (Å²) in [5, 5.41) is 4.32. The zero-order valence-corrected chi connectivity index (χ0v) is 19.9. The number of benzene rings is 2. The van der Waals surface area contributed by atoms with Crippen molar-refractivity contribution in [1.29, 1.82) is 0 Å². The van der Waals surface area contributed by atoms with Crippen LogP contribution in [0.5, 0.6) is 0 Å². The van der Waals surface area contributed by atoms with Gasteiger partial charge in [-0.05, 0) is 45.1 Å². The minimum Gasteiger partial charge on any atom is -0.748 e. The molecular formula is C27H30FeNP-6. The van der Waals surface area contributed by atoms with E-state index < -0.39 is 7.92 Å². The van der Waals surface area contributed by atoms with Crippen LogP contribution in [0.3, 0.4) is 0 Å². The van der Waals surface area contributed by atoms with Crippen molar-refractivity contribution in [1.82, 2.24) is 4.90 Å². The molecule has 4 aromatic rings. The number of rotatable bonds is 6. The van der Waals surface area contributed by atoms with Crippen LogP contribution in [-0.2, 0) is 17.1 Å².